The standard InChI is InChI=1S/C8H6INOS/c9-4-6-5-12-8(10-6)7-2-1-3-11-7/h1-3,5H,4H2. The van der Waals surface area contributed by atoms with Crippen LogP contribution >= 0.6 is 33.9 Å². The van der Waals surface area contributed by atoms with Crippen molar-refractivity contribution >= 4 is 33.9 Å². The van der Waals surface area contributed by atoms with Crippen molar-refractivity contribution in [3.8, 4) is 10.8 Å². The van der Waals surface area contributed by atoms with Crippen LogP contribution in [0.25, 0.3) is 10.8 Å². The molecule has 0 unspecified atom stereocenters. The van der Waals surface area contributed by atoms with E-state index in [0.29, 0.717) is 0 Å². The van der Waals surface area contributed by atoms with Gasteiger partial charge in [0.15, 0.2) is 10.8 Å². The fourth-order valence-corrected chi connectivity index (χ4v) is 2.36. The summed E-state index contributed by atoms with van der Waals surface area (Å²) in [6, 6.07) is 3.80. The molecule has 0 aliphatic rings. The summed E-state index contributed by atoms with van der Waals surface area (Å²) in [5.41, 5.74) is 1.12. The molecule has 0 fully saturated rings. The molecule has 2 heterocycles. The summed E-state index contributed by atoms with van der Waals surface area (Å²) in [4.78, 5) is 4.39. The van der Waals surface area contributed by atoms with Crippen LogP contribution in [-0.4, -0.2) is 4.98 Å². The predicted molar refractivity (Wildman–Crippen MR) is 57.5 cm³/mol. The van der Waals surface area contributed by atoms with Gasteiger partial charge in [0, 0.05) is 9.81 Å². The molecule has 0 aromatic carbocycles. The zero-order valence-corrected chi connectivity index (χ0v) is 9.13. The van der Waals surface area contributed by atoms with E-state index in [-0.39, 0.29) is 0 Å². The lowest BCUT2D eigenvalue weighted by molar-refractivity contribution is 0.581. The molecule has 2 nitrogen and oxygen atoms in total. The summed E-state index contributed by atoms with van der Waals surface area (Å²) >= 11 is 3.92. The monoisotopic (exact) mass is 291 g/mol. The Kier molecular flexibility index (Phi) is 2.45. The van der Waals surface area contributed by atoms with Gasteiger partial charge in [-0.25, -0.2) is 4.98 Å². The number of hydrogen-bond donors (Lipinski definition) is 0. The Hall–Kier alpha value is -0.360. The van der Waals surface area contributed by atoms with Gasteiger partial charge in [-0.3, -0.25) is 0 Å². The maximum absolute atomic E-state index is 5.22. The van der Waals surface area contributed by atoms with Gasteiger partial charge in [-0.1, -0.05) is 22.6 Å². The first-order valence-electron chi connectivity index (χ1n) is 3.44. The van der Waals surface area contributed by atoms with E-state index >= 15 is 0 Å². The highest BCUT2D eigenvalue weighted by atomic mass is 127. The smallest absolute Gasteiger partial charge is 0.162 e. The van der Waals surface area contributed by atoms with Crippen LogP contribution in [0.15, 0.2) is 28.2 Å². The van der Waals surface area contributed by atoms with Crippen molar-refractivity contribution in [2.45, 2.75) is 4.43 Å². The maximum Gasteiger partial charge on any atom is 0.162 e. The summed E-state index contributed by atoms with van der Waals surface area (Å²) < 4.78 is 6.18. The number of aromatic nitrogens is 1. The molecule has 2 aromatic heterocycles. The van der Waals surface area contributed by atoms with Gasteiger partial charge in [0.1, 0.15) is 0 Å². The van der Waals surface area contributed by atoms with Crippen LogP contribution in [0.1, 0.15) is 5.69 Å². The van der Waals surface area contributed by atoms with E-state index in [9.17, 15) is 0 Å². The molecule has 0 saturated carbocycles. The first-order valence-corrected chi connectivity index (χ1v) is 5.85. The highest BCUT2D eigenvalue weighted by molar-refractivity contribution is 14.1. The van der Waals surface area contributed by atoms with Crippen molar-refractivity contribution in [1.82, 2.24) is 4.98 Å². The van der Waals surface area contributed by atoms with Gasteiger partial charge in [-0.15, -0.1) is 11.3 Å². The van der Waals surface area contributed by atoms with Gasteiger partial charge in [-0.2, -0.15) is 0 Å². The highest BCUT2D eigenvalue weighted by Crippen LogP contribution is 2.24. The molecule has 4 heteroatoms. The van der Waals surface area contributed by atoms with Crippen LogP contribution < -0.4 is 0 Å². The van der Waals surface area contributed by atoms with E-state index < -0.39 is 0 Å². The van der Waals surface area contributed by atoms with Gasteiger partial charge in [-0.05, 0) is 12.1 Å². The molecule has 0 spiro atoms. The molecular weight excluding hydrogens is 285 g/mol. The minimum absolute atomic E-state index is 0.858. The number of alkyl halides is 1. The number of thiazole rings is 1. The largest absolute Gasteiger partial charge is 0.462 e. The SMILES string of the molecule is ICc1csc(-c2ccco2)n1. The normalized spacial score (nSPS) is 10.4. The minimum atomic E-state index is 0.858. The van der Waals surface area contributed by atoms with E-state index in [2.05, 4.69) is 33.0 Å². The van der Waals surface area contributed by atoms with E-state index in [1.54, 1.807) is 17.6 Å². The van der Waals surface area contributed by atoms with Crippen molar-refractivity contribution < 1.29 is 4.42 Å². The fourth-order valence-electron chi connectivity index (χ4n) is 0.882. The Morgan fingerprint density at radius 3 is 3.08 bits per heavy atom. The topological polar surface area (TPSA) is 26.0 Å². The first kappa shape index (κ1) is 8.25. The molecule has 12 heavy (non-hydrogen) atoms. The third-order valence-electron chi connectivity index (χ3n) is 1.42. The fraction of sp³-hybridized carbons (Fsp3) is 0.125. The average molecular weight is 291 g/mol. The summed E-state index contributed by atoms with van der Waals surface area (Å²) in [6.07, 6.45) is 1.67. The molecule has 0 aliphatic carbocycles. The lowest BCUT2D eigenvalue weighted by Crippen LogP contribution is -1.75. The van der Waals surface area contributed by atoms with Crippen LogP contribution in [0.4, 0.5) is 0 Å². The molecule has 2 rings (SSSR count). The van der Waals surface area contributed by atoms with E-state index in [0.717, 1.165) is 20.9 Å². The molecule has 0 radical (unpaired) electrons. The zero-order valence-electron chi connectivity index (χ0n) is 6.16. The van der Waals surface area contributed by atoms with Crippen molar-refractivity contribution in [2.75, 3.05) is 0 Å². The average Bonchev–Trinajstić information content (AvgIpc) is 2.75. The molecule has 0 amide bonds. The van der Waals surface area contributed by atoms with Gasteiger partial charge < -0.3 is 4.42 Å². The highest BCUT2D eigenvalue weighted by Gasteiger charge is 2.05. The zero-order chi connectivity index (χ0) is 8.39. The van der Waals surface area contributed by atoms with Crippen LogP contribution in [0, 0.1) is 0 Å². The second kappa shape index (κ2) is 3.57. The van der Waals surface area contributed by atoms with Crippen LogP contribution in [0.5, 0.6) is 0 Å². The van der Waals surface area contributed by atoms with E-state index in [4.69, 9.17) is 4.42 Å². The van der Waals surface area contributed by atoms with Crippen LogP contribution in [-0.2, 0) is 4.43 Å². The Bertz CT molecular complexity index is 355. The number of nitrogens with zero attached hydrogens (tertiary/aromatic N) is 1. The van der Waals surface area contributed by atoms with Gasteiger partial charge in [0.2, 0.25) is 0 Å². The van der Waals surface area contributed by atoms with Crippen molar-refractivity contribution in [3.05, 3.63) is 29.5 Å². The van der Waals surface area contributed by atoms with Crippen molar-refractivity contribution in [1.29, 1.82) is 0 Å². The van der Waals surface area contributed by atoms with Gasteiger partial charge in [0.05, 0.1) is 12.0 Å². The third-order valence-corrected chi connectivity index (χ3v) is 3.11. The first-order chi connectivity index (χ1) is 5.90. The molecule has 0 aliphatic heterocycles. The van der Waals surface area contributed by atoms with Crippen LogP contribution in [0.2, 0.25) is 0 Å². The number of hydrogen-bond acceptors (Lipinski definition) is 3. The third kappa shape index (κ3) is 1.54. The molecule has 0 bridgehead atoms. The lowest BCUT2D eigenvalue weighted by Gasteiger charge is -1.85. The summed E-state index contributed by atoms with van der Waals surface area (Å²) in [6.45, 7) is 0. The maximum atomic E-state index is 5.22. The Labute approximate surface area is 87.8 Å². The van der Waals surface area contributed by atoms with E-state index in [1.807, 2.05) is 12.1 Å². The van der Waals surface area contributed by atoms with Gasteiger partial charge in [0.25, 0.3) is 0 Å². The lowest BCUT2D eigenvalue weighted by atomic mass is 10.5. The van der Waals surface area contributed by atoms with Gasteiger partial charge >= 0.3 is 0 Å². The van der Waals surface area contributed by atoms with E-state index in [1.165, 1.54) is 0 Å². The Balaban J connectivity index is 2.35. The second-order valence-electron chi connectivity index (χ2n) is 2.25. The molecule has 62 valence electrons. The molecule has 0 saturated heterocycles. The minimum Gasteiger partial charge on any atom is -0.462 e. The molecule has 0 N–H and O–H groups in total. The molecule has 2 aromatic rings. The number of furan rings is 1. The summed E-state index contributed by atoms with van der Waals surface area (Å²) in [7, 11) is 0. The summed E-state index contributed by atoms with van der Waals surface area (Å²) in [5, 5.41) is 3.02. The summed E-state index contributed by atoms with van der Waals surface area (Å²) in [5.74, 6) is 0.858. The van der Waals surface area contributed by atoms with Crippen molar-refractivity contribution in [2.24, 2.45) is 0 Å². The second-order valence-corrected chi connectivity index (χ2v) is 3.88. The number of halogens is 1. The Morgan fingerprint density at radius 2 is 2.50 bits per heavy atom. The Morgan fingerprint density at radius 1 is 1.58 bits per heavy atom. The number of rotatable bonds is 2. The van der Waals surface area contributed by atoms with Crippen LogP contribution in [0.3, 0.4) is 0 Å². The molecular formula is C8H6INOS. The predicted octanol–water partition coefficient (Wildman–Crippen LogP) is 3.34. The molecule has 0 atom stereocenters. The quantitative estimate of drug-likeness (QED) is 0.626. The van der Waals surface area contributed by atoms with Crippen molar-refractivity contribution in [3.63, 3.8) is 0 Å².